The molecular weight excluding hydrogens is 592 g/mol. The number of hydrogen-bond donors (Lipinski definition) is 2. The van der Waals surface area contributed by atoms with E-state index in [1.807, 2.05) is 6.08 Å². The molecule has 0 saturated carbocycles. The van der Waals surface area contributed by atoms with Crippen LogP contribution < -0.4 is 0 Å². The minimum absolute atomic E-state index is 0.0154. The molecule has 0 aromatic rings. The van der Waals surface area contributed by atoms with Crippen LogP contribution in [0.15, 0.2) is 35.1 Å². The summed E-state index contributed by atoms with van der Waals surface area (Å²) in [6.45, 7) is 17.5. The molecule has 0 aromatic carbocycles. The van der Waals surface area contributed by atoms with Gasteiger partial charge in [-0.25, -0.2) is 0 Å². The van der Waals surface area contributed by atoms with Gasteiger partial charge in [-0.3, -0.25) is 29.1 Å². The number of aliphatic hydroxyl groups excluding tert-OH is 2. The van der Waals surface area contributed by atoms with E-state index in [1.165, 1.54) is 32.1 Å². The number of ketones is 3. The van der Waals surface area contributed by atoms with Gasteiger partial charge in [0.2, 0.25) is 0 Å². The van der Waals surface area contributed by atoms with E-state index in [2.05, 4.69) is 26.2 Å². The monoisotopic (exact) mass is 654 g/mol. The van der Waals surface area contributed by atoms with Gasteiger partial charge >= 0.3 is 0 Å². The van der Waals surface area contributed by atoms with Gasteiger partial charge in [0.1, 0.15) is 0 Å². The Hall–Kier alpha value is -2.17. The van der Waals surface area contributed by atoms with Crippen molar-refractivity contribution in [3.05, 3.63) is 35.1 Å². The SMILES string of the molecule is C=C(CN1CCC(CCCC2CCN(CC(=CC(=C(CN3CCC(O)CC3)C(C)=O)N3CCC(O)CC3)C(C)=O)CC2)CC1)C(C)=O. The van der Waals surface area contributed by atoms with E-state index in [4.69, 9.17) is 0 Å². The van der Waals surface area contributed by atoms with Crippen molar-refractivity contribution >= 4 is 17.3 Å². The number of aliphatic hydroxyl groups is 2. The first-order valence-electron chi connectivity index (χ1n) is 18.4. The summed E-state index contributed by atoms with van der Waals surface area (Å²) in [5.74, 6) is 1.68. The number of likely N-dealkylation sites (tertiary alicyclic amines) is 4. The molecule has 4 fully saturated rings. The van der Waals surface area contributed by atoms with Crippen molar-refractivity contribution in [3.8, 4) is 0 Å². The molecule has 9 nitrogen and oxygen atoms in total. The summed E-state index contributed by atoms with van der Waals surface area (Å²) >= 11 is 0. The predicted molar refractivity (Wildman–Crippen MR) is 187 cm³/mol. The maximum Gasteiger partial charge on any atom is 0.159 e. The molecule has 0 aromatic heterocycles. The van der Waals surface area contributed by atoms with Crippen molar-refractivity contribution in [3.63, 3.8) is 0 Å². The average molecular weight is 655 g/mol. The molecule has 47 heavy (non-hydrogen) atoms. The Morgan fingerprint density at radius 2 is 1.06 bits per heavy atom. The lowest BCUT2D eigenvalue weighted by atomic mass is 9.86. The Bertz CT molecular complexity index is 1130. The van der Waals surface area contributed by atoms with Gasteiger partial charge in [-0.05, 0) is 116 Å². The van der Waals surface area contributed by atoms with E-state index < -0.39 is 0 Å². The van der Waals surface area contributed by atoms with Gasteiger partial charge in [0.25, 0.3) is 0 Å². The molecule has 4 aliphatic heterocycles. The molecule has 4 heterocycles. The number of allylic oxidation sites excluding steroid dienone is 1. The third-order valence-electron chi connectivity index (χ3n) is 11.2. The van der Waals surface area contributed by atoms with Crippen molar-refractivity contribution in [2.24, 2.45) is 11.8 Å². The average Bonchev–Trinajstić information content (AvgIpc) is 3.04. The summed E-state index contributed by atoms with van der Waals surface area (Å²) in [7, 11) is 0. The summed E-state index contributed by atoms with van der Waals surface area (Å²) in [5.41, 5.74) is 3.03. The van der Waals surface area contributed by atoms with Crippen molar-refractivity contribution in [1.29, 1.82) is 0 Å². The Morgan fingerprint density at radius 3 is 1.53 bits per heavy atom. The molecule has 0 aliphatic carbocycles. The van der Waals surface area contributed by atoms with Crippen LogP contribution >= 0.6 is 0 Å². The third kappa shape index (κ3) is 12.0. The first-order chi connectivity index (χ1) is 22.5. The van der Waals surface area contributed by atoms with Gasteiger partial charge in [-0.1, -0.05) is 25.8 Å². The second kappa shape index (κ2) is 18.6. The van der Waals surface area contributed by atoms with Gasteiger partial charge in [0.05, 0.1) is 12.2 Å². The lowest BCUT2D eigenvalue weighted by molar-refractivity contribution is -0.115. The maximum atomic E-state index is 13.1. The third-order valence-corrected chi connectivity index (χ3v) is 11.2. The molecule has 0 amide bonds. The van der Waals surface area contributed by atoms with Crippen LogP contribution in [0.1, 0.15) is 91.4 Å². The maximum absolute atomic E-state index is 13.1. The first kappa shape index (κ1) is 37.6. The van der Waals surface area contributed by atoms with Gasteiger partial charge < -0.3 is 15.1 Å². The Balaban J connectivity index is 1.31. The molecule has 9 heteroatoms. The summed E-state index contributed by atoms with van der Waals surface area (Å²) in [6.07, 6.45) is 12.7. The summed E-state index contributed by atoms with van der Waals surface area (Å²) < 4.78 is 0. The van der Waals surface area contributed by atoms with E-state index in [9.17, 15) is 24.6 Å². The highest BCUT2D eigenvalue weighted by molar-refractivity contribution is 5.97. The van der Waals surface area contributed by atoms with Crippen LogP contribution in [0, 0.1) is 11.8 Å². The van der Waals surface area contributed by atoms with E-state index in [0.717, 1.165) is 86.4 Å². The summed E-state index contributed by atoms with van der Waals surface area (Å²) in [4.78, 5) is 46.9. The van der Waals surface area contributed by atoms with Crippen molar-refractivity contribution in [2.45, 2.75) is 104 Å². The lowest BCUT2D eigenvalue weighted by Crippen LogP contribution is -2.40. The number of carbonyl (C=O) groups excluding carboxylic acids is 3. The zero-order chi connectivity index (χ0) is 33.9. The fraction of sp³-hybridized carbons (Fsp3) is 0.763. The van der Waals surface area contributed by atoms with Crippen LogP contribution in [-0.4, -0.2) is 131 Å². The fourth-order valence-electron chi connectivity index (χ4n) is 7.76. The molecule has 0 radical (unpaired) electrons. The summed E-state index contributed by atoms with van der Waals surface area (Å²) in [5, 5.41) is 20.2. The van der Waals surface area contributed by atoms with Crippen LogP contribution in [0.3, 0.4) is 0 Å². The number of Topliss-reactive ketones (excluding diaryl/α,β-unsaturated/α-hetero) is 3. The van der Waals surface area contributed by atoms with Crippen LogP contribution in [-0.2, 0) is 14.4 Å². The van der Waals surface area contributed by atoms with Gasteiger partial charge in [-0.2, -0.15) is 0 Å². The molecule has 0 spiro atoms. The van der Waals surface area contributed by atoms with E-state index in [1.54, 1.807) is 20.8 Å². The second-order valence-electron chi connectivity index (χ2n) is 14.9. The highest BCUT2D eigenvalue weighted by atomic mass is 16.3. The zero-order valence-electron chi connectivity index (χ0n) is 29.6. The topological polar surface area (TPSA) is 105 Å². The zero-order valence-corrected chi connectivity index (χ0v) is 29.6. The molecule has 264 valence electrons. The van der Waals surface area contributed by atoms with E-state index >= 15 is 0 Å². The molecule has 0 bridgehead atoms. The first-order valence-corrected chi connectivity index (χ1v) is 18.4. The van der Waals surface area contributed by atoms with E-state index in [-0.39, 0.29) is 29.6 Å². The Morgan fingerprint density at radius 1 is 0.617 bits per heavy atom. The van der Waals surface area contributed by atoms with Gasteiger partial charge in [-0.15, -0.1) is 0 Å². The fourth-order valence-corrected chi connectivity index (χ4v) is 7.76. The number of carbonyl (C=O) groups is 3. The standard InChI is InChI=1S/C38H62N4O5/c1-28(29(2)43)25-39-16-8-32(9-17-39)6-5-7-33-10-18-40(19-11-33)26-34(30(3)44)24-38(42-22-14-36(47)15-23-42)37(31(4)45)27-41-20-12-35(46)13-21-41/h24,32-33,35-36,46-47H,1,5-23,25-27H2,2-4H3. The van der Waals surface area contributed by atoms with Crippen LogP contribution in [0.4, 0.5) is 0 Å². The minimum atomic E-state index is -0.327. The quantitative estimate of drug-likeness (QED) is 0.200. The van der Waals surface area contributed by atoms with E-state index in [0.29, 0.717) is 58.4 Å². The number of hydrogen-bond acceptors (Lipinski definition) is 9. The van der Waals surface area contributed by atoms with Crippen LogP contribution in [0.25, 0.3) is 0 Å². The largest absolute Gasteiger partial charge is 0.393 e. The minimum Gasteiger partial charge on any atom is -0.393 e. The number of piperidine rings is 4. The Labute approximate surface area is 283 Å². The Kier molecular flexibility index (Phi) is 14.9. The normalized spacial score (nSPS) is 23.2. The lowest BCUT2D eigenvalue weighted by Gasteiger charge is -2.36. The number of nitrogens with zero attached hydrogens (tertiary/aromatic N) is 4. The highest BCUT2D eigenvalue weighted by Crippen LogP contribution is 2.29. The molecule has 0 atom stereocenters. The number of rotatable bonds is 15. The summed E-state index contributed by atoms with van der Waals surface area (Å²) in [6, 6.07) is 0. The smallest absolute Gasteiger partial charge is 0.159 e. The molecule has 4 rings (SSSR count). The molecule has 0 unspecified atom stereocenters. The molecule has 4 aliphatic rings. The molecular formula is C38H62N4O5. The highest BCUT2D eigenvalue weighted by Gasteiger charge is 2.27. The second-order valence-corrected chi connectivity index (χ2v) is 14.9. The molecule has 2 N–H and O–H groups in total. The van der Waals surface area contributed by atoms with Gasteiger partial charge in [0, 0.05) is 68.2 Å². The van der Waals surface area contributed by atoms with Crippen LogP contribution in [0.2, 0.25) is 0 Å². The van der Waals surface area contributed by atoms with Crippen LogP contribution in [0.5, 0.6) is 0 Å². The predicted octanol–water partition coefficient (Wildman–Crippen LogP) is 4.00. The van der Waals surface area contributed by atoms with Gasteiger partial charge in [0.15, 0.2) is 17.3 Å². The molecule has 4 saturated heterocycles. The van der Waals surface area contributed by atoms with Crippen molar-refractivity contribution < 1.29 is 24.6 Å². The van der Waals surface area contributed by atoms with Crippen molar-refractivity contribution in [2.75, 3.05) is 72.0 Å². The van der Waals surface area contributed by atoms with Crippen molar-refractivity contribution in [1.82, 2.24) is 19.6 Å².